The summed E-state index contributed by atoms with van der Waals surface area (Å²) in [6.07, 6.45) is 0.946. The van der Waals surface area contributed by atoms with Crippen LogP contribution in [0.4, 0.5) is 0 Å². The number of nitrogens with one attached hydrogen (secondary N) is 1. The Labute approximate surface area is 122 Å². The Morgan fingerprint density at radius 1 is 1.11 bits per heavy atom. The van der Waals surface area contributed by atoms with Crippen LogP contribution in [0.1, 0.15) is 23.4 Å². The summed E-state index contributed by atoms with van der Waals surface area (Å²) in [4.78, 5) is 1.27. The molecule has 2 rings (SSSR count). The van der Waals surface area contributed by atoms with Gasteiger partial charge in [0, 0.05) is 15.9 Å². The highest BCUT2D eigenvalue weighted by Gasteiger charge is 2.13. The molecular formula is C14H15Cl2NS. The Morgan fingerprint density at radius 3 is 2.39 bits per heavy atom. The van der Waals surface area contributed by atoms with E-state index < -0.39 is 0 Å². The molecule has 0 aliphatic carbocycles. The molecule has 1 nitrogen and oxygen atoms in total. The van der Waals surface area contributed by atoms with Gasteiger partial charge in [0.25, 0.3) is 0 Å². The molecule has 96 valence electrons. The minimum Gasteiger partial charge on any atom is -0.309 e. The molecule has 0 saturated heterocycles. The molecule has 1 unspecified atom stereocenters. The average Bonchev–Trinajstić information content (AvgIpc) is 2.78. The Bertz CT molecular complexity index is 493. The van der Waals surface area contributed by atoms with Gasteiger partial charge in [-0.1, -0.05) is 42.3 Å². The molecule has 1 aromatic heterocycles. The van der Waals surface area contributed by atoms with Crippen LogP contribution in [-0.2, 0) is 6.42 Å². The van der Waals surface area contributed by atoms with Gasteiger partial charge in [-0.2, -0.15) is 0 Å². The lowest BCUT2D eigenvalue weighted by atomic mass is 10.0. The molecule has 0 aliphatic rings. The molecule has 0 bridgehead atoms. The van der Waals surface area contributed by atoms with Gasteiger partial charge in [-0.05, 0) is 42.8 Å². The van der Waals surface area contributed by atoms with E-state index in [4.69, 9.17) is 23.2 Å². The van der Waals surface area contributed by atoms with E-state index in [-0.39, 0.29) is 0 Å². The second kappa shape index (κ2) is 6.58. The first kappa shape index (κ1) is 13.9. The summed E-state index contributed by atoms with van der Waals surface area (Å²) < 4.78 is 0.837. The fourth-order valence-corrected chi connectivity index (χ4v) is 3.15. The van der Waals surface area contributed by atoms with Crippen molar-refractivity contribution in [3.8, 4) is 0 Å². The first-order valence-corrected chi connectivity index (χ1v) is 7.49. The SMILES string of the molecule is CCNC(Cc1ccc(Cl)cc1)c1ccc(Cl)s1. The van der Waals surface area contributed by atoms with Gasteiger partial charge in [0.1, 0.15) is 0 Å². The van der Waals surface area contributed by atoms with Crippen LogP contribution < -0.4 is 5.32 Å². The van der Waals surface area contributed by atoms with Gasteiger partial charge in [-0.3, -0.25) is 0 Å². The van der Waals surface area contributed by atoms with E-state index in [1.807, 2.05) is 18.2 Å². The van der Waals surface area contributed by atoms with E-state index in [0.717, 1.165) is 22.3 Å². The molecule has 0 radical (unpaired) electrons. The van der Waals surface area contributed by atoms with Gasteiger partial charge < -0.3 is 5.32 Å². The van der Waals surface area contributed by atoms with E-state index >= 15 is 0 Å². The second-order valence-electron chi connectivity index (χ2n) is 4.08. The summed E-state index contributed by atoms with van der Waals surface area (Å²) in [7, 11) is 0. The number of benzene rings is 1. The van der Waals surface area contributed by atoms with E-state index in [2.05, 4.69) is 30.4 Å². The summed E-state index contributed by atoms with van der Waals surface area (Å²) in [5.74, 6) is 0. The average molecular weight is 300 g/mol. The Morgan fingerprint density at radius 2 is 1.83 bits per heavy atom. The van der Waals surface area contributed by atoms with Gasteiger partial charge in [0.2, 0.25) is 0 Å². The van der Waals surface area contributed by atoms with Crippen LogP contribution in [0.3, 0.4) is 0 Å². The number of rotatable bonds is 5. The standard InChI is InChI=1S/C14H15Cl2NS/c1-2-17-12(13-7-8-14(16)18-13)9-10-3-5-11(15)6-4-10/h3-8,12,17H,2,9H2,1H3. The maximum Gasteiger partial charge on any atom is 0.0931 e. The number of halogens is 2. The second-order valence-corrected chi connectivity index (χ2v) is 6.27. The molecule has 1 heterocycles. The zero-order valence-electron chi connectivity index (χ0n) is 10.1. The summed E-state index contributed by atoms with van der Waals surface area (Å²) in [6.45, 7) is 3.05. The van der Waals surface area contributed by atoms with Gasteiger partial charge in [0.15, 0.2) is 0 Å². The molecule has 0 amide bonds. The molecule has 0 aliphatic heterocycles. The van der Waals surface area contributed by atoms with Crippen molar-refractivity contribution in [2.45, 2.75) is 19.4 Å². The highest BCUT2D eigenvalue weighted by atomic mass is 35.5. The lowest BCUT2D eigenvalue weighted by Gasteiger charge is -2.16. The summed E-state index contributed by atoms with van der Waals surface area (Å²) in [5, 5.41) is 4.27. The number of likely N-dealkylation sites (N-methyl/N-ethyl adjacent to an activating group) is 1. The Hall–Kier alpha value is -0.540. The zero-order chi connectivity index (χ0) is 13.0. The number of thiophene rings is 1. The molecular weight excluding hydrogens is 285 g/mol. The van der Waals surface area contributed by atoms with Crippen LogP contribution in [0.2, 0.25) is 9.36 Å². The summed E-state index contributed by atoms with van der Waals surface area (Å²) in [5.41, 5.74) is 1.27. The Balaban J connectivity index is 2.13. The molecule has 18 heavy (non-hydrogen) atoms. The maximum absolute atomic E-state index is 6.00. The van der Waals surface area contributed by atoms with E-state index in [0.29, 0.717) is 6.04 Å². The van der Waals surface area contributed by atoms with Crippen molar-refractivity contribution in [2.75, 3.05) is 6.54 Å². The normalized spacial score (nSPS) is 12.6. The third-order valence-corrected chi connectivity index (χ3v) is 4.34. The van der Waals surface area contributed by atoms with Gasteiger partial charge in [0.05, 0.1) is 4.34 Å². The van der Waals surface area contributed by atoms with Gasteiger partial charge in [-0.15, -0.1) is 11.3 Å². The van der Waals surface area contributed by atoms with Crippen molar-refractivity contribution in [3.63, 3.8) is 0 Å². The lowest BCUT2D eigenvalue weighted by Crippen LogP contribution is -2.22. The van der Waals surface area contributed by atoms with Crippen molar-refractivity contribution >= 4 is 34.5 Å². The fourth-order valence-electron chi connectivity index (χ4n) is 1.89. The lowest BCUT2D eigenvalue weighted by molar-refractivity contribution is 0.558. The topological polar surface area (TPSA) is 12.0 Å². The van der Waals surface area contributed by atoms with Crippen LogP contribution in [0.25, 0.3) is 0 Å². The minimum absolute atomic E-state index is 0.314. The van der Waals surface area contributed by atoms with Crippen molar-refractivity contribution in [1.82, 2.24) is 5.32 Å². The fraction of sp³-hybridized carbons (Fsp3) is 0.286. The molecule has 0 saturated carbocycles. The highest BCUT2D eigenvalue weighted by Crippen LogP contribution is 2.29. The summed E-state index contributed by atoms with van der Waals surface area (Å²) >= 11 is 13.5. The smallest absolute Gasteiger partial charge is 0.0931 e. The molecule has 2 aromatic rings. The Kier molecular flexibility index (Phi) is 5.07. The number of hydrogen-bond acceptors (Lipinski definition) is 2. The van der Waals surface area contributed by atoms with Crippen LogP contribution in [0, 0.1) is 0 Å². The monoisotopic (exact) mass is 299 g/mol. The predicted molar refractivity (Wildman–Crippen MR) is 80.9 cm³/mol. The largest absolute Gasteiger partial charge is 0.309 e. The van der Waals surface area contributed by atoms with Gasteiger partial charge in [-0.25, -0.2) is 0 Å². The highest BCUT2D eigenvalue weighted by molar-refractivity contribution is 7.16. The predicted octanol–water partition coefficient (Wildman–Crippen LogP) is 4.95. The van der Waals surface area contributed by atoms with Crippen LogP contribution in [-0.4, -0.2) is 6.54 Å². The zero-order valence-corrected chi connectivity index (χ0v) is 12.4. The van der Waals surface area contributed by atoms with Crippen molar-refractivity contribution in [1.29, 1.82) is 0 Å². The minimum atomic E-state index is 0.314. The summed E-state index contributed by atoms with van der Waals surface area (Å²) in [6, 6.07) is 12.4. The molecule has 0 fully saturated rings. The molecule has 4 heteroatoms. The molecule has 1 aromatic carbocycles. The molecule has 1 atom stereocenters. The van der Waals surface area contributed by atoms with Crippen LogP contribution in [0.15, 0.2) is 36.4 Å². The van der Waals surface area contributed by atoms with Crippen LogP contribution in [0.5, 0.6) is 0 Å². The molecule has 1 N–H and O–H groups in total. The first-order valence-electron chi connectivity index (χ1n) is 5.92. The number of hydrogen-bond donors (Lipinski definition) is 1. The van der Waals surface area contributed by atoms with Gasteiger partial charge >= 0.3 is 0 Å². The third-order valence-electron chi connectivity index (χ3n) is 2.74. The van der Waals surface area contributed by atoms with Crippen molar-refractivity contribution in [2.24, 2.45) is 0 Å². The van der Waals surface area contributed by atoms with E-state index in [1.54, 1.807) is 11.3 Å². The van der Waals surface area contributed by atoms with Crippen molar-refractivity contribution in [3.05, 3.63) is 56.2 Å². The van der Waals surface area contributed by atoms with Crippen molar-refractivity contribution < 1.29 is 0 Å². The first-order chi connectivity index (χ1) is 8.69. The van der Waals surface area contributed by atoms with Crippen LogP contribution >= 0.6 is 34.5 Å². The molecule has 0 spiro atoms. The van der Waals surface area contributed by atoms with E-state index in [1.165, 1.54) is 10.4 Å². The van der Waals surface area contributed by atoms with E-state index in [9.17, 15) is 0 Å². The maximum atomic E-state index is 6.00. The quantitative estimate of drug-likeness (QED) is 0.824. The third kappa shape index (κ3) is 3.72.